The van der Waals surface area contributed by atoms with Crippen molar-refractivity contribution in [1.82, 2.24) is 0 Å². The van der Waals surface area contributed by atoms with E-state index in [0.717, 1.165) is 18.4 Å². The SMILES string of the molecule is N[C@@H]1C2CCC1c1cccc(C(F)(F)F)c1C2. The molecule has 17 heavy (non-hydrogen) atoms. The van der Waals surface area contributed by atoms with Gasteiger partial charge in [0.25, 0.3) is 0 Å². The molecule has 4 heteroatoms. The smallest absolute Gasteiger partial charge is 0.327 e. The van der Waals surface area contributed by atoms with Crippen molar-refractivity contribution in [2.75, 3.05) is 0 Å². The average molecular weight is 241 g/mol. The van der Waals surface area contributed by atoms with E-state index in [1.165, 1.54) is 12.1 Å². The van der Waals surface area contributed by atoms with E-state index in [4.69, 9.17) is 5.73 Å². The maximum absolute atomic E-state index is 12.9. The molecule has 0 aromatic heterocycles. The third-order valence-electron chi connectivity index (χ3n) is 4.24. The highest BCUT2D eigenvalue weighted by molar-refractivity contribution is 5.43. The van der Waals surface area contributed by atoms with E-state index in [1.54, 1.807) is 0 Å². The van der Waals surface area contributed by atoms with Crippen molar-refractivity contribution in [1.29, 1.82) is 0 Å². The summed E-state index contributed by atoms with van der Waals surface area (Å²) < 4.78 is 38.7. The normalized spacial score (nSPS) is 31.4. The van der Waals surface area contributed by atoms with Crippen molar-refractivity contribution < 1.29 is 13.2 Å². The highest BCUT2D eigenvalue weighted by Gasteiger charge is 2.43. The number of nitrogens with two attached hydrogens (primary N) is 1. The van der Waals surface area contributed by atoms with Crippen LogP contribution in [0.4, 0.5) is 13.2 Å². The first-order chi connectivity index (χ1) is 7.98. The van der Waals surface area contributed by atoms with Gasteiger partial charge in [0.05, 0.1) is 5.56 Å². The number of hydrogen-bond donors (Lipinski definition) is 1. The highest BCUT2D eigenvalue weighted by atomic mass is 19.4. The standard InChI is InChI=1S/C13H14F3N/c14-13(15,16)11-3-1-2-8-9-5-4-7(12(9)17)6-10(8)11/h1-3,7,9,12H,4-6,17H2/t7?,9?,12-/m1/s1. The maximum atomic E-state index is 12.9. The van der Waals surface area contributed by atoms with Gasteiger partial charge in [-0.05, 0) is 48.3 Å². The first-order valence-electron chi connectivity index (χ1n) is 5.93. The molecule has 0 spiro atoms. The third kappa shape index (κ3) is 1.58. The Morgan fingerprint density at radius 3 is 2.65 bits per heavy atom. The molecule has 1 fully saturated rings. The Hall–Kier alpha value is -1.03. The molecule has 2 unspecified atom stereocenters. The zero-order chi connectivity index (χ0) is 12.2. The van der Waals surface area contributed by atoms with E-state index in [2.05, 4.69) is 0 Å². The number of benzene rings is 1. The lowest BCUT2D eigenvalue weighted by atomic mass is 9.77. The second kappa shape index (κ2) is 3.48. The monoisotopic (exact) mass is 241 g/mol. The van der Waals surface area contributed by atoms with Crippen LogP contribution in [0, 0.1) is 5.92 Å². The second-order valence-electron chi connectivity index (χ2n) is 5.10. The fourth-order valence-electron chi connectivity index (χ4n) is 3.42. The molecule has 92 valence electrons. The number of fused-ring (bicyclic) bond motifs is 4. The summed E-state index contributed by atoms with van der Waals surface area (Å²) in [5.74, 6) is 0.363. The minimum absolute atomic E-state index is 0.0472. The van der Waals surface area contributed by atoms with Crippen LogP contribution >= 0.6 is 0 Å². The summed E-state index contributed by atoms with van der Waals surface area (Å²) in [5.41, 5.74) is 6.95. The highest BCUT2D eigenvalue weighted by Crippen LogP contribution is 2.48. The summed E-state index contributed by atoms with van der Waals surface area (Å²) >= 11 is 0. The van der Waals surface area contributed by atoms with Gasteiger partial charge in [-0.15, -0.1) is 0 Å². The van der Waals surface area contributed by atoms with Crippen molar-refractivity contribution in [3.63, 3.8) is 0 Å². The van der Waals surface area contributed by atoms with Gasteiger partial charge in [-0.2, -0.15) is 13.2 Å². The van der Waals surface area contributed by atoms with Crippen molar-refractivity contribution in [3.05, 3.63) is 34.9 Å². The first kappa shape index (κ1) is 11.1. The summed E-state index contributed by atoms with van der Waals surface area (Å²) in [6.07, 6.45) is -1.87. The molecule has 2 aliphatic rings. The van der Waals surface area contributed by atoms with E-state index in [-0.39, 0.29) is 17.9 Å². The Morgan fingerprint density at radius 1 is 1.18 bits per heavy atom. The quantitative estimate of drug-likeness (QED) is 0.742. The molecule has 0 saturated heterocycles. The van der Waals surface area contributed by atoms with Crippen LogP contribution in [-0.4, -0.2) is 6.04 Å². The Balaban J connectivity index is 2.14. The Kier molecular flexibility index (Phi) is 2.27. The molecule has 3 atom stereocenters. The minimum Gasteiger partial charge on any atom is -0.327 e. The fourth-order valence-corrected chi connectivity index (χ4v) is 3.42. The van der Waals surface area contributed by atoms with E-state index in [0.29, 0.717) is 12.0 Å². The largest absolute Gasteiger partial charge is 0.416 e. The van der Waals surface area contributed by atoms with Crippen LogP contribution in [0.25, 0.3) is 0 Å². The van der Waals surface area contributed by atoms with Crippen molar-refractivity contribution in [3.8, 4) is 0 Å². The number of halogens is 3. The van der Waals surface area contributed by atoms with Crippen LogP contribution in [0.1, 0.15) is 35.4 Å². The molecular formula is C13H14F3N. The predicted molar refractivity (Wildman–Crippen MR) is 58.6 cm³/mol. The molecule has 0 radical (unpaired) electrons. The van der Waals surface area contributed by atoms with Crippen molar-refractivity contribution >= 4 is 0 Å². The van der Waals surface area contributed by atoms with Crippen LogP contribution < -0.4 is 5.73 Å². The topological polar surface area (TPSA) is 26.0 Å². The van der Waals surface area contributed by atoms with E-state index >= 15 is 0 Å². The van der Waals surface area contributed by atoms with Gasteiger partial charge in [0, 0.05) is 6.04 Å². The Morgan fingerprint density at radius 2 is 1.94 bits per heavy atom. The van der Waals surface area contributed by atoms with Crippen LogP contribution in [0.5, 0.6) is 0 Å². The zero-order valence-electron chi connectivity index (χ0n) is 9.30. The van der Waals surface area contributed by atoms with Gasteiger partial charge in [0.1, 0.15) is 0 Å². The van der Waals surface area contributed by atoms with Crippen molar-refractivity contribution in [2.45, 2.75) is 37.4 Å². The minimum atomic E-state index is -4.24. The van der Waals surface area contributed by atoms with Gasteiger partial charge >= 0.3 is 6.18 Å². The molecule has 2 aliphatic carbocycles. The summed E-state index contributed by atoms with van der Waals surface area (Å²) in [7, 11) is 0. The number of rotatable bonds is 0. The molecular weight excluding hydrogens is 227 g/mol. The summed E-state index contributed by atoms with van der Waals surface area (Å²) in [6.45, 7) is 0. The van der Waals surface area contributed by atoms with Gasteiger partial charge in [0.15, 0.2) is 0 Å². The van der Waals surface area contributed by atoms with E-state index in [9.17, 15) is 13.2 Å². The van der Waals surface area contributed by atoms with E-state index in [1.807, 2.05) is 6.07 Å². The maximum Gasteiger partial charge on any atom is 0.416 e. The Labute approximate surface area is 97.8 Å². The summed E-state index contributed by atoms with van der Waals surface area (Å²) in [5, 5.41) is 0. The molecule has 1 aromatic rings. The zero-order valence-corrected chi connectivity index (χ0v) is 9.30. The predicted octanol–water partition coefficient (Wildman–Crippen LogP) is 3.08. The molecule has 1 saturated carbocycles. The van der Waals surface area contributed by atoms with Gasteiger partial charge in [-0.3, -0.25) is 0 Å². The van der Waals surface area contributed by atoms with Crippen LogP contribution in [-0.2, 0) is 12.6 Å². The van der Waals surface area contributed by atoms with E-state index < -0.39 is 11.7 Å². The molecule has 3 rings (SSSR count). The molecule has 2 N–H and O–H groups in total. The summed E-state index contributed by atoms with van der Waals surface area (Å²) in [6, 6.07) is 4.56. The molecule has 2 bridgehead atoms. The number of alkyl halides is 3. The number of hydrogen-bond acceptors (Lipinski definition) is 1. The van der Waals surface area contributed by atoms with Crippen LogP contribution in [0.2, 0.25) is 0 Å². The molecule has 0 heterocycles. The van der Waals surface area contributed by atoms with Crippen molar-refractivity contribution in [2.24, 2.45) is 11.7 Å². The lowest BCUT2D eigenvalue weighted by molar-refractivity contribution is -0.138. The van der Waals surface area contributed by atoms with Crippen LogP contribution in [0.3, 0.4) is 0 Å². The summed E-state index contributed by atoms with van der Waals surface area (Å²) in [4.78, 5) is 0. The molecule has 0 amide bonds. The van der Waals surface area contributed by atoms with Crippen LogP contribution in [0.15, 0.2) is 18.2 Å². The van der Waals surface area contributed by atoms with Gasteiger partial charge in [-0.1, -0.05) is 12.1 Å². The van der Waals surface area contributed by atoms with Gasteiger partial charge in [-0.25, -0.2) is 0 Å². The fraction of sp³-hybridized carbons (Fsp3) is 0.538. The molecule has 1 nitrogen and oxygen atoms in total. The Bertz CT molecular complexity index is 452. The molecule has 0 aliphatic heterocycles. The second-order valence-corrected chi connectivity index (χ2v) is 5.10. The first-order valence-corrected chi connectivity index (χ1v) is 5.93. The van der Waals surface area contributed by atoms with Gasteiger partial charge < -0.3 is 5.73 Å². The van der Waals surface area contributed by atoms with Gasteiger partial charge in [0.2, 0.25) is 0 Å². The average Bonchev–Trinajstić information content (AvgIpc) is 2.51. The molecule has 1 aromatic carbocycles. The lowest BCUT2D eigenvalue weighted by Crippen LogP contribution is -2.36. The third-order valence-corrected chi connectivity index (χ3v) is 4.24. The lowest BCUT2D eigenvalue weighted by Gasteiger charge is -2.31.